The molecule has 0 spiro atoms. The molecule has 3 rings (SSSR count). The van der Waals surface area contributed by atoms with Crippen LogP contribution < -0.4 is 9.47 Å². The van der Waals surface area contributed by atoms with Gasteiger partial charge in [0.15, 0.2) is 12.7 Å². The smallest absolute Gasteiger partial charge is 0.263 e. The van der Waals surface area contributed by atoms with Crippen LogP contribution in [0.25, 0.3) is 0 Å². The number of benzene rings is 2. The molecule has 6 heteroatoms. The summed E-state index contributed by atoms with van der Waals surface area (Å²) in [6, 6.07) is 17.1. The van der Waals surface area contributed by atoms with Gasteiger partial charge in [-0.05, 0) is 36.6 Å². The minimum Gasteiger partial charge on any atom is -0.484 e. The molecule has 160 valence electrons. The van der Waals surface area contributed by atoms with Crippen LogP contribution in [0.5, 0.6) is 11.5 Å². The van der Waals surface area contributed by atoms with E-state index in [1.807, 2.05) is 54.6 Å². The van der Waals surface area contributed by atoms with E-state index >= 15 is 0 Å². The number of ether oxygens (including phenoxy) is 2. The normalized spacial score (nSPS) is 15.1. The van der Waals surface area contributed by atoms with Gasteiger partial charge in [0.2, 0.25) is 0 Å². The number of amides is 2. The fourth-order valence-corrected chi connectivity index (χ4v) is 3.49. The van der Waals surface area contributed by atoms with Crippen molar-refractivity contribution >= 4 is 11.8 Å². The molecule has 30 heavy (non-hydrogen) atoms. The van der Waals surface area contributed by atoms with Crippen LogP contribution in [0.4, 0.5) is 0 Å². The predicted molar refractivity (Wildman–Crippen MR) is 116 cm³/mol. The van der Waals surface area contributed by atoms with Crippen LogP contribution in [0.15, 0.2) is 54.6 Å². The highest BCUT2D eigenvalue weighted by molar-refractivity contribution is 5.82. The average molecular weight is 411 g/mol. The molecule has 1 aliphatic heterocycles. The first-order chi connectivity index (χ1) is 14.5. The molecule has 2 aromatic rings. The quantitative estimate of drug-likeness (QED) is 0.703. The Morgan fingerprint density at radius 3 is 2.13 bits per heavy atom. The molecule has 2 amide bonds. The van der Waals surface area contributed by atoms with Crippen molar-refractivity contribution in [2.75, 3.05) is 32.8 Å². The number of para-hydroxylation sites is 2. The SMILES string of the molecule is CC(Oc1ccccc1C(C)C)C(=O)N1CCN(C(=O)COc2ccccc2)CC1. The number of piperazine rings is 1. The number of nitrogens with zero attached hydrogens (tertiary/aromatic N) is 2. The van der Waals surface area contributed by atoms with E-state index in [1.54, 1.807) is 16.7 Å². The summed E-state index contributed by atoms with van der Waals surface area (Å²) in [5, 5.41) is 0. The summed E-state index contributed by atoms with van der Waals surface area (Å²) in [6.07, 6.45) is -0.575. The number of carbonyl (C=O) groups excluding carboxylic acids is 2. The van der Waals surface area contributed by atoms with Crippen molar-refractivity contribution in [2.45, 2.75) is 32.8 Å². The molecule has 1 heterocycles. The van der Waals surface area contributed by atoms with Gasteiger partial charge in [-0.1, -0.05) is 50.2 Å². The first kappa shape index (κ1) is 21.7. The Labute approximate surface area is 178 Å². The molecule has 0 saturated carbocycles. The van der Waals surface area contributed by atoms with E-state index in [0.717, 1.165) is 11.3 Å². The summed E-state index contributed by atoms with van der Waals surface area (Å²) in [6.45, 7) is 7.98. The lowest BCUT2D eigenvalue weighted by Gasteiger charge is -2.36. The van der Waals surface area contributed by atoms with Crippen LogP contribution in [0.2, 0.25) is 0 Å². The largest absolute Gasteiger partial charge is 0.484 e. The molecule has 1 saturated heterocycles. The van der Waals surface area contributed by atoms with Crippen molar-refractivity contribution in [1.29, 1.82) is 0 Å². The molecule has 2 aromatic carbocycles. The van der Waals surface area contributed by atoms with Gasteiger partial charge >= 0.3 is 0 Å². The van der Waals surface area contributed by atoms with E-state index in [2.05, 4.69) is 13.8 Å². The van der Waals surface area contributed by atoms with E-state index in [-0.39, 0.29) is 18.4 Å². The summed E-state index contributed by atoms with van der Waals surface area (Å²) in [7, 11) is 0. The highest BCUT2D eigenvalue weighted by atomic mass is 16.5. The zero-order valence-electron chi connectivity index (χ0n) is 17.9. The second-order valence-electron chi connectivity index (χ2n) is 7.76. The lowest BCUT2D eigenvalue weighted by Crippen LogP contribution is -2.54. The Bertz CT molecular complexity index is 845. The Balaban J connectivity index is 1.48. The molecule has 0 radical (unpaired) electrons. The Morgan fingerprint density at radius 2 is 1.47 bits per heavy atom. The monoisotopic (exact) mass is 410 g/mol. The second-order valence-corrected chi connectivity index (χ2v) is 7.76. The molecule has 1 fully saturated rings. The molecule has 0 N–H and O–H groups in total. The van der Waals surface area contributed by atoms with Gasteiger partial charge in [0.25, 0.3) is 11.8 Å². The molecule has 1 atom stereocenters. The van der Waals surface area contributed by atoms with Gasteiger partial charge in [0.05, 0.1) is 0 Å². The van der Waals surface area contributed by atoms with E-state index in [1.165, 1.54) is 0 Å². The average Bonchev–Trinajstić information content (AvgIpc) is 2.78. The topological polar surface area (TPSA) is 59.1 Å². The summed E-state index contributed by atoms with van der Waals surface area (Å²) >= 11 is 0. The van der Waals surface area contributed by atoms with Crippen molar-refractivity contribution in [2.24, 2.45) is 0 Å². The zero-order valence-corrected chi connectivity index (χ0v) is 17.9. The van der Waals surface area contributed by atoms with Crippen LogP contribution in [-0.4, -0.2) is 60.5 Å². The summed E-state index contributed by atoms with van der Waals surface area (Å²) in [5.41, 5.74) is 1.09. The molecular formula is C24H30N2O4. The third-order valence-electron chi connectivity index (χ3n) is 5.24. The van der Waals surface area contributed by atoms with Crippen LogP contribution in [0.1, 0.15) is 32.3 Å². The number of rotatable bonds is 7. The van der Waals surface area contributed by atoms with Crippen molar-refractivity contribution in [3.05, 3.63) is 60.2 Å². The highest BCUT2D eigenvalue weighted by Gasteiger charge is 2.28. The lowest BCUT2D eigenvalue weighted by atomic mass is 10.0. The first-order valence-electron chi connectivity index (χ1n) is 10.5. The molecule has 1 unspecified atom stereocenters. The summed E-state index contributed by atoms with van der Waals surface area (Å²) in [5.74, 6) is 1.62. The third-order valence-corrected chi connectivity index (χ3v) is 5.24. The predicted octanol–water partition coefficient (Wildman–Crippen LogP) is 3.33. The standard InChI is InChI=1S/C24H30N2O4/c1-18(2)21-11-7-8-12-22(21)30-19(3)24(28)26-15-13-25(14-16-26)23(27)17-29-20-9-5-4-6-10-20/h4-12,18-19H,13-17H2,1-3H3. The van der Waals surface area contributed by atoms with Gasteiger partial charge in [0, 0.05) is 26.2 Å². The fourth-order valence-electron chi connectivity index (χ4n) is 3.49. The molecule has 0 aliphatic carbocycles. The van der Waals surface area contributed by atoms with Crippen molar-refractivity contribution in [3.8, 4) is 11.5 Å². The molecule has 0 aromatic heterocycles. The zero-order chi connectivity index (χ0) is 21.5. The van der Waals surface area contributed by atoms with Gasteiger partial charge in [-0.3, -0.25) is 9.59 Å². The maximum absolute atomic E-state index is 12.8. The Hall–Kier alpha value is -3.02. The lowest BCUT2D eigenvalue weighted by molar-refractivity contribution is -0.144. The van der Waals surface area contributed by atoms with Crippen LogP contribution in [-0.2, 0) is 9.59 Å². The molecule has 1 aliphatic rings. The van der Waals surface area contributed by atoms with E-state index in [0.29, 0.717) is 37.8 Å². The van der Waals surface area contributed by atoms with Crippen LogP contribution >= 0.6 is 0 Å². The molecule has 6 nitrogen and oxygen atoms in total. The van der Waals surface area contributed by atoms with Crippen molar-refractivity contribution < 1.29 is 19.1 Å². The second kappa shape index (κ2) is 10.1. The fraction of sp³-hybridized carbons (Fsp3) is 0.417. The number of hydrogen-bond donors (Lipinski definition) is 0. The summed E-state index contributed by atoms with van der Waals surface area (Å²) < 4.78 is 11.5. The van der Waals surface area contributed by atoms with Gasteiger partial charge in [0.1, 0.15) is 11.5 Å². The van der Waals surface area contributed by atoms with E-state index in [4.69, 9.17) is 9.47 Å². The van der Waals surface area contributed by atoms with Gasteiger partial charge in [-0.25, -0.2) is 0 Å². The maximum Gasteiger partial charge on any atom is 0.263 e. The van der Waals surface area contributed by atoms with Crippen molar-refractivity contribution in [1.82, 2.24) is 9.80 Å². The number of hydrogen-bond acceptors (Lipinski definition) is 4. The number of carbonyl (C=O) groups is 2. The Kier molecular flexibility index (Phi) is 7.33. The van der Waals surface area contributed by atoms with Gasteiger partial charge in [-0.15, -0.1) is 0 Å². The summed E-state index contributed by atoms with van der Waals surface area (Å²) in [4.78, 5) is 28.8. The minimum absolute atomic E-state index is 0.00343. The maximum atomic E-state index is 12.8. The Morgan fingerprint density at radius 1 is 0.867 bits per heavy atom. The van der Waals surface area contributed by atoms with E-state index < -0.39 is 6.10 Å². The molecular weight excluding hydrogens is 380 g/mol. The van der Waals surface area contributed by atoms with Gasteiger partial charge in [-0.2, -0.15) is 0 Å². The highest BCUT2D eigenvalue weighted by Crippen LogP contribution is 2.27. The van der Waals surface area contributed by atoms with Crippen LogP contribution in [0.3, 0.4) is 0 Å². The molecule has 0 bridgehead atoms. The minimum atomic E-state index is -0.575. The third kappa shape index (κ3) is 5.53. The van der Waals surface area contributed by atoms with Gasteiger partial charge < -0.3 is 19.3 Å². The van der Waals surface area contributed by atoms with Crippen LogP contribution in [0, 0.1) is 0 Å². The first-order valence-corrected chi connectivity index (χ1v) is 10.5. The van der Waals surface area contributed by atoms with E-state index in [9.17, 15) is 9.59 Å². The van der Waals surface area contributed by atoms with Crippen molar-refractivity contribution in [3.63, 3.8) is 0 Å².